The lowest BCUT2D eigenvalue weighted by Gasteiger charge is -2.13. The molecule has 0 aliphatic carbocycles. The van der Waals surface area contributed by atoms with Crippen molar-refractivity contribution in [3.8, 4) is 11.1 Å². The Kier molecular flexibility index (Phi) is 3.82. The third kappa shape index (κ3) is 2.73. The van der Waals surface area contributed by atoms with Gasteiger partial charge in [0.15, 0.2) is 0 Å². The molecule has 0 radical (unpaired) electrons. The number of furan rings is 1. The molecule has 6 rings (SSSR count). The van der Waals surface area contributed by atoms with Crippen molar-refractivity contribution in [1.82, 2.24) is 0 Å². The summed E-state index contributed by atoms with van der Waals surface area (Å²) in [6.07, 6.45) is 0. The molecule has 1 N–H and O–H groups in total. The number of fused-ring (bicyclic) bond motifs is 4. The molecule has 142 valence electrons. The van der Waals surface area contributed by atoms with Gasteiger partial charge in [0.1, 0.15) is 11.2 Å². The molecule has 0 aliphatic heterocycles. The number of benzene rings is 5. The molecule has 0 amide bonds. The molecule has 2 heteroatoms. The predicted octanol–water partition coefficient (Wildman–Crippen LogP) is 8.15. The van der Waals surface area contributed by atoms with E-state index in [4.69, 9.17) is 4.42 Å². The average Bonchev–Trinajstić information content (AvgIpc) is 3.18. The van der Waals surface area contributed by atoms with Crippen molar-refractivity contribution in [1.29, 1.82) is 0 Å². The Balaban J connectivity index is 1.45. The highest BCUT2D eigenvalue weighted by molar-refractivity contribution is 6.07. The molecule has 0 bridgehead atoms. The van der Waals surface area contributed by atoms with Crippen molar-refractivity contribution in [3.05, 3.63) is 109 Å². The van der Waals surface area contributed by atoms with Crippen LogP contribution in [-0.4, -0.2) is 0 Å². The molecule has 1 aromatic heterocycles. The Morgan fingerprint density at radius 3 is 2.07 bits per heavy atom. The summed E-state index contributed by atoms with van der Waals surface area (Å²) in [7, 11) is 0. The minimum Gasteiger partial charge on any atom is -0.456 e. The van der Waals surface area contributed by atoms with Gasteiger partial charge in [-0.3, -0.25) is 0 Å². The summed E-state index contributed by atoms with van der Waals surface area (Å²) in [6, 6.07) is 37.9. The lowest BCUT2D eigenvalue weighted by Crippen LogP contribution is -1.92. The predicted molar refractivity (Wildman–Crippen MR) is 126 cm³/mol. The van der Waals surface area contributed by atoms with Crippen LogP contribution in [0.1, 0.15) is 0 Å². The molecule has 0 saturated heterocycles. The topological polar surface area (TPSA) is 25.2 Å². The highest BCUT2D eigenvalue weighted by atomic mass is 16.3. The first kappa shape index (κ1) is 16.9. The Bertz CT molecular complexity index is 1510. The maximum atomic E-state index is 6.06. The zero-order valence-electron chi connectivity index (χ0n) is 16.3. The van der Waals surface area contributed by atoms with Gasteiger partial charge in [-0.15, -0.1) is 0 Å². The summed E-state index contributed by atoms with van der Waals surface area (Å²) in [5, 5.41) is 8.32. The third-order valence-corrected chi connectivity index (χ3v) is 5.67. The average molecular weight is 385 g/mol. The van der Waals surface area contributed by atoms with E-state index in [1.54, 1.807) is 0 Å². The molecule has 6 aromatic rings. The van der Waals surface area contributed by atoms with E-state index in [9.17, 15) is 0 Å². The molecular weight excluding hydrogens is 366 g/mol. The van der Waals surface area contributed by atoms with Crippen molar-refractivity contribution in [2.45, 2.75) is 0 Å². The smallest absolute Gasteiger partial charge is 0.137 e. The van der Waals surface area contributed by atoms with Crippen molar-refractivity contribution < 1.29 is 4.42 Å². The second-order valence-electron chi connectivity index (χ2n) is 7.51. The molecule has 0 fully saturated rings. The Morgan fingerprint density at radius 1 is 0.500 bits per heavy atom. The summed E-state index contributed by atoms with van der Waals surface area (Å²) in [4.78, 5) is 0. The second kappa shape index (κ2) is 6.78. The van der Waals surface area contributed by atoms with Crippen LogP contribution in [0.5, 0.6) is 0 Å². The van der Waals surface area contributed by atoms with Crippen LogP contribution in [0.3, 0.4) is 0 Å². The highest BCUT2D eigenvalue weighted by Gasteiger charge is 2.10. The van der Waals surface area contributed by atoms with Crippen LogP contribution in [0.15, 0.2) is 114 Å². The maximum absolute atomic E-state index is 6.06. The first-order valence-corrected chi connectivity index (χ1v) is 10.1. The van der Waals surface area contributed by atoms with Gasteiger partial charge in [-0.05, 0) is 40.8 Å². The van der Waals surface area contributed by atoms with E-state index in [1.807, 2.05) is 18.2 Å². The normalized spacial score (nSPS) is 11.3. The number of nitrogens with one attached hydrogen (secondary N) is 1. The molecule has 0 spiro atoms. The zero-order valence-corrected chi connectivity index (χ0v) is 16.3. The van der Waals surface area contributed by atoms with Gasteiger partial charge in [0.25, 0.3) is 0 Å². The number of hydrogen-bond acceptors (Lipinski definition) is 2. The van der Waals surface area contributed by atoms with Crippen molar-refractivity contribution in [2.24, 2.45) is 0 Å². The highest BCUT2D eigenvalue weighted by Crippen LogP contribution is 2.36. The fourth-order valence-corrected chi connectivity index (χ4v) is 4.24. The van der Waals surface area contributed by atoms with Crippen LogP contribution in [0.4, 0.5) is 11.4 Å². The minimum absolute atomic E-state index is 0.895. The van der Waals surface area contributed by atoms with Gasteiger partial charge in [0, 0.05) is 33.6 Å². The summed E-state index contributed by atoms with van der Waals surface area (Å²) in [5.74, 6) is 0. The lowest BCUT2D eigenvalue weighted by atomic mass is 9.97. The van der Waals surface area contributed by atoms with E-state index in [0.717, 1.165) is 33.3 Å². The summed E-state index contributed by atoms with van der Waals surface area (Å²) < 4.78 is 6.06. The van der Waals surface area contributed by atoms with Crippen molar-refractivity contribution >= 4 is 44.1 Å². The van der Waals surface area contributed by atoms with Gasteiger partial charge in [0.05, 0.1) is 0 Å². The molecule has 5 aromatic carbocycles. The maximum Gasteiger partial charge on any atom is 0.137 e. The van der Waals surface area contributed by atoms with Crippen LogP contribution >= 0.6 is 0 Å². The van der Waals surface area contributed by atoms with Gasteiger partial charge in [-0.2, -0.15) is 0 Å². The van der Waals surface area contributed by atoms with E-state index in [0.29, 0.717) is 0 Å². The van der Waals surface area contributed by atoms with E-state index >= 15 is 0 Å². The van der Waals surface area contributed by atoms with Crippen molar-refractivity contribution in [3.63, 3.8) is 0 Å². The van der Waals surface area contributed by atoms with E-state index < -0.39 is 0 Å². The van der Waals surface area contributed by atoms with Gasteiger partial charge in [-0.25, -0.2) is 0 Å². The van der Waals surface area contributed by atoms with Gasteiger partial charge in [0.2, 0.25) is 0 Å². The Hall–Kier alpha value is -4.04. The SMILES string of the molecule is c1ccc(-c2ccc(Nc3ccc4c(c3)oc3ccccc34)c3ccccc23)cc1. The fourth-order valence-electron chi connectivity index (χ4n) is 4.24. The molecule has 0 aliphatic rings. The van der Waals surface area contributed by atoms with Crippen LogP contribution in [-0.2, 0) is 0 Å². The first-order chi connectivity index (χ1) is 14.9. The zero-order chi connectivity index (χ0) is 19.9. The molecule has 0 unspecified atom stereocenters. The Morgan fingerprint density at radius 2 is 1.20 bits per heavy atom. The minimum atomic E-state index is 0.895. The molecule has 1 heterocycles. The lowest BCUT2D eigenvalue weighted by molar-refractivity contribution is 0.669. The number of para-hydroxylation sites is 1. The second-order valence-corrected chi connectivity index (χ2v) is 7.51. The number of anilines is 2. The van der Waals surface area contributed by atoms with Gasteiger partial charge in [-0.1, -0.05) is 78.9 Å². The van der Waals surface area contributed by atoms with Crippen LogP contribution in [0, 0.1) is 0 Å². The van der Waals surface area contributed by atoms with Crippen LogP contribution in [0.25, 0.3) is 43.8 Å². The van der Waals surface area contributed by atoms with Crippen LogP contribution < -0.4 is 5.32 Å². The summed E-state index contributed by atoms with van der Waals surface area (Å²) >= 11 is 0. The third-order valence-electron chi connectivity index (χ3n) is 5.67. The largest absolute Gasteiger partial charge is 0.456 e. The molecule has 0 atom stereocenters. The number of hydrogen-bond donors (Lipinski definition) is 1. The fraction of sp³-hybridized carbons (Fsp3) is 0. The van der Waals surface area contributed by atoms with E-state index in [-0.39, 0.29) is 0 Å². The standard InChI is InChI=1S/C28H19NO/c1-2-8-19(9-3-1)21-16-17-26(23-11-5-4-10-22(21)23)29-20-14-15-25-24-12-6-7-13-27(24)30-28(25)18-20/h1-18,29H. The van der Waals surface area contributed by atoms with Gasteiger partial charge < -0.3 is 9.73 Å². The molecule has 30 heavy (non-hydrogen) atoms. The Labute approximate surface area is 174 Å². The first-order valence-electron chi connectivity index (χ1n) is 10.1. The number of rotatable bonds is 3. The van der Waals surface area contributed by atoms with Crippen molar-refractivity contribution in [2.75, 3.05) is 5.32 Å². The molecular formula is C28H19NO. The van der Waals surface area contributed by atoms with Gasteiger partial charge >= 0.3 is 0 Å². The summed E-state index contributed by atoms with van der Waals surface area (Å²) in [5.41, 5.74) is 6.38. The molecule has 2 nitrogen and oxygen atoms in total. The van der Waals surface area contributed by atoms with Crippen LogP contribution in [0.2, 0.25) is 0 Å². The summed E-state index contributed by atoms with van der Waals surface area (Å²) in [6.45, 7) is 0. The van der Waals surface area contributed by atoms with E-state index in [1.165, 1.54) is 21.9 Å². The molecule has 0 saturated carbocycles. The monoisotopic (exact) mass is 385 g/mol. The van der Waals surface area contributed by atoms with E-state index in [2.05, 4.69) is 96.3 Å². The quantitative estimate of drug-likeness (QED) is 0.332.